The van der Waals surface area contributed by atoms with Crippen LogP contribution >= 0.6 is 0 Å². The molecular weight excluding hydrogens is 355 g/mol. The zero-order chi connectivity index (χ0) is 14.7. The topological polar surface area (TPSA) is 72.5 Å². The molecule has 0 aromatic heterocycles. The summed E-state index contributed by atoms with van der Waals surface area (Å²) >= 11 is 0. The van der Waals surface area contributed by atoms with Crippen molar-refractivity contribution in [2.45, 2.75) is 31.6 Å². The molecule has 5 nitrogen and oxygen atoms in total. The molecule has 0 fully saturated rings. The van der Waals surface area contributed by atoms with Crippen LogP contribution in [0.15, 0.2) is 24.3 Å². The fraction of sp³-hybridized carbons (Fsp3) is 0.462. The van der Waals surface area contributed by atoms with E-state index in [1.54, 1.807) is 45.0 Å². The Bertz CT molecular complexity index is 537. The summed E-state index contributed by atoms with van der Waals surface area (Å²) < 4.78 is 30.3. The predicted molar refractivity (Wildman–Crippen MR) is 71.8 cm³/mol. The molecule has 0 bridgehead atoms. The smallest absolute Gasteiger partial charge is 0.326 e. The third-order valence-corrected chi connectivity index (χ3v) is 4.75. The maximum atomic E-state index is 12.1. The molecule has 0 saturated heterocycles. The van der Waals surface area contributed by atoms with Crippen LogP contribution in [0.5, 0.6) is 0 Å². The molecule has 1 aromatic carbocycles. The van der Waals surface area contributed by atoms with Crippen molar-refractivity contribution in [1.29, 1.82) is 0 Å². The van der Waals surface area contributed by atoms with Gasteiger partial charge in [-0.3, -0.25) is 4.79 Å². The molecule has 0 aliphatic rings. The van der Waals surface area contributed by atoms with E-state index < -0.39 is 26.8 Å². The minimum atomic E-state index is -3.66. The first-order chi connectivity index (χ1) is 8.69. The van der Waals surface area contributed by atoms with Gasteiger partial charge in [0.1, 0.15) is 6.04 Å². The molecule has 0 spiro atoms. The number of rotatable bonds is 4. The van der Waals surface area contributed by atoms with E-state index >= 15 is 0 Å². The molecule has 109 valence electrons. The first-order valence-corrected chi connectivity index (χ1v) is 7.23. The second kappa shape index (κ2) is 7.64. The number of hydrogen-bond acceptors (Lipinski definition) is 4. The van der Waals surface area contributed by atoms with E-state index in [4.69, 9.17) is 0 Å². The molecule has 1 radical (unpaired) electrons. The van der Waals surface area contributed by atoms with Gasteiger partial charge >= 0.3 is 5.97 Å². The van der Waals surface area contributed by atoms with Crippen LogP contribution in [0.25, 0.3) is 0 Å². The van der Waals surface area contributed by atoms with E-state index in [0.717, 1.165) is 0 Å². The zero-order valence-corrected chi connectivity index (χ0v) is 15.7. The number of hydrogen-bond donors (Lipinski definition) is 1. The average Bonchev–Trinajstić information content (AvgIpc) is 2.35. The second-order valence-corrected chi connectivity index (χ2v) is 7.49. The zero-order valence-electron chi connectivity index (χ0n) is 12.0. The molecule has 1 aromatic rings. The van der Waals surface area contributed by atoms with Gasteiger partial charge in [-0.25, -0.2) is 8.42 Å². The first kappa shape index (κ1) is 19.7. The summed E-state index contributed by atoms with van der Waals surface area (Å²) in [6, 6.07) is 8.21. The van der Waals surface area contributed by atoms with Crippen LogP contribution in [-0.4, -0.2) is 26.2 Å². The Kier molecular flexibility index (Phi) is 7.53. The molecule has 0 unspecified atom stereocenters. The van der Waals surface area contributed by atoms with E-state index in [0.29, 0.717) is 5.56 Å². The standard InChI is InChI=1S/C13H18NO4S.Y/c1-13(2,3)19(16,17)14-11(12(15)18-4)10-8-6-5-7-9-10;/h6-9,11,14H,1-4H3;/q-1;/t11-;/m0./s1. The maximum Gasteiger partial charge on any atom is 0.326 e. The van der Waals surface area contributed by atoms with Gasteiger partial charge in [-0.15, -0.1) is 5.56 Å². The van der Waals surface area contributed by atoms with E-state index in [2.05, 4.69) is 15.5 Å². The number of benzene rings is 1. The molecule has 0 saturated carbocycles. The molecule has 0 aliphatic heterocycles. The Balaban J connectivity index is 0.00000361. The summed E-state index contributed by atoms with van der Waals surface area (Å²) in [5, 5.41) is 0. The molecule has 7 heteroatoms. The van der Waals surface area contributed by atoms with E-state index in [1.807, 2.05) is 0 Å². The van der Waals surface area contributed by atoms with Crippen LogP contribution in [-0.2, 0) is 52.3 Å². The van der Waals surface area contributed by atoms with Crippen molar-refractivity contribution >= 4 is 16.0 Å². The Hall–Kier alpha value is -0.296. The second-order valence-electron chi connectivity index (χ2n) is 5.02. The Labute approximate surface area is 145 Å². The molecule has 0 amide bonds. The maximum absolute atomic E-state index is 12.1. The number of carbonyl (C=O) groups excluding carboxylic acids is 1. The third kappa shape index (κ3) is 4.91. The van der Waals surface area contributed by atoms with Crippen LogP contribution in [0.4, 0.5) is 0 Å². The van der Waals surface area contributed by atoms with Crippen molar-refractivity contribution in [3.05, 3.63) is 35.9 Å². The molecule has 1 N–H and O–H groups in total. The predicted octanol–water partition coefficient (Wildman–Crippen LogP) is 1.42. The number of sulfonamides is 1. The number of carbonyl (C=O) groups is 1. The van der Waals surface area contributed by atoms with Crippen molar-refractivity contribution in [3.8, 4) is 0 Å². The molecule has 1 atom stereocenters. The Morgan fingerprint density at radius 2 is 1.80 bits per heavy atom. The molecular formula is C13H18NO4SY-. The summed E-state index contributed by atoms with van der Waals surface area (Å²) in [6.07, 6.45) is 0. The van der Waals surface area contributed by atoms with Gasteiger partial charge in [0.15, 0.2) is 0 Å². The average molecular weight is 373 g/mol. The Morgan fingerprint density at radius 1 is 1.30 bits per heavy atom. The number of esters is 1. The summed E-state index contributed by atoms with van der Waals surface area (Å²) in [7, 11) is -2.44. The van der Waals surface area contributed by atoms with Crippen molar-refractivity contribution in [2.24, 2.45) is 0 Å². The van der Waals surface area contributed by atoms with Crippen molar-refractivity contribution in [2.75, 3.05) is 7.11 Å². The molecule has 0 heterocycles. The summed E-state index contributed by atoms with van der Waals surface area (Å²) in [6.45, 7) is 4.67. The van der Waals surface area contributed by atoms with Gasteiger partial charge in [-0.2, -0.15) is 35.1 Å². The third-order valence-electron chi connectivity index (χ3n) is 2.59. The SMILES string of the molecule is COC(=O)[C@@H](NS(=O)(=O)C(C)(C)C)c1cc[c-]cc1.[Y]. The first-order valence-electron chi connectivity index (χ1n) is 5.75. The van der Waals surface area contributed by atoms with Crippen molar-refractivity contribution in [3.63, 3.8) is 0 Å². The summed E-state index contributed by atoms with van der Waals surface area (Å²) in [5.74, 6) is -0.654. The largest absolute Gasteiger partial charge is 0.468 e. The Morgan fingerprint density at radius 3 is 2.20 bits per heavy atom. The van der Waals surface area contributed by atoms with Gasteiger partial charge in [-0.1, -0.05) is 0 Å². The van der Waals surface area contributed by atoms with Crippen LogP contribution in [0, 0.1) is 6.07 Å². The monoisotopic (exact) mass is 373 g/mol. The number of ether oxygens (including phenoxy) is 1. The van der Waals surface area contributed by atoms with Gasteiger partial charge in [0.2, 0.25) is 10.0 Å². The fourth-order valence-electron chi connectivity index (χ4n) is 1.29. The summed E-state index contributed by atoms with van der Waals surface area (Å²) in [4.78, 5) is 11.8. The van der Waals surface area contributed by atoms with Crippen molar-refractivity contribution < 1.29 is 50.7 Å². The van der Waals surface area contributed by atoms with E-state index in [-0.39, 0.29) is 32.7 Å². The number of methoxy groups -OCH3 is 1. The van der Waals surface area contributed by atoms with Crippen LogP contribution in [0.1, 0.15) is 32.4 Å². The van der Waals surface area contributed by atoms with Gasteiger partial charge < -0.3 is 4.74 Å². The fourth-order valence-corrected chi connectivity index (χ4v) is 2.19. The van der Waals surface area contributed by atoms with E-state index in [1.165, 1.54) is 7.11 Å². The molecule has 0 aliphatic carbocycles. The number of nitrogens with one attached hydrogen (secondary N) is 1. The van der Waals surface area contributed by atoms with Gasteiger partial charge in [0, 0.05) is 32.7 Å². The van der Waals surface area contributed by atoms with Crippen LogP contribution in [0.3, 0.4) is 0 Å². The molecule has 1 rings (SSSR count). The van der Waals surface area contributed by atoms with Gasteiger partial charge in [0.25, 0.3) is 0 Å². The minimum absolute atomic E-state index is 0. The normalized spacial score (nSPS) is 13.2. The van der Waals surface area contributed by atoms with E-state index in [9.17, 15) is 13.2 Å². The molecule has 20 heavy (non-hydrogen) atoms. The van der Waals surface area contributed by atoms with Crippen LogP contribution in [0.2, 0.25) is 0 Å². The van der Waals surface area contributed by atoms with Crippen molar-refractivity contribution in [1.82, 2.24) is 4.72 Å². The van der Waals surface area contributed by atoms with Crippen LogP contribution < -0.4 is 4.72 Å². The quantitative estimate of drug-likeness (QED) is 0.640. The summed E-state index contributed by atoms with van der Waals surface area (Å²) in [5.41, 5.74) is 0.512. The van der Waals surface area contributed by atoms with Gasteiger partial charge in [-0.05, 0) is 20.8 Å². The van der Waals surface area contributed by atoms with Gasteiger partial charge in [0.05, 0.1) is 11.9 Å². The minimum Gasteiger partial charge on any atom is -0.468 e.